The predicted molar refractivity (Wildman–Crippen MR) is 120 cm³/mol. The van der Waals surface area contributed by atoms with Gasteiger partial charge in [-0.15, -0.1) is 0 Å². The highest BCUT2D eigenvalue weighted by molar-refractivity contribution is 5.91. The molecule has 0 aliphatic heterocycles. The largest absolute Gasteiger partial charge is 0.479 e. The van der Waals surface area contributed by atoms with E-state index in [1.807, 2.05) is 0 Å². The van der Waals surface area contributed by atoms with Crippen LogP contribution in [0.4, 0.5) is 36.4 Å². The van der Waals surface area contributed by atoms with Gasteiger partial charge in [0.05, 0.1) is 5.56 Å². The summed E-state index contributed by atoms with van der Waals surface area (Å²) in [6, 6.07) is 6.43. The molecular weight excluding hydrogens is 499 g/mol. The minimum absolute atomic E-state index is 0.169. The molecule has 0 aromatic heterocycles. The van der Waals surface area contributed by atoms with E-state index in [1.165, 1.54) is 19.1 Å². The molecule has 0 aliphatic rings. The molecule has 1 atom stereocenters. The number of carbonyl (C=O) groups is 2. The summed E-state index contributed by atoms with van der Waals surface area (Å²) >= 11 is 0. The first kappa shape index (κ1) is 31.5. The Labute approximate surface area is 205 Å². The Morgan fingerprint density at radius 2 is 1.31 bits per heavy atom. The number of carbonyl (C=O) groups excluding carboxylic acids is 1. The van der Waals surface area contributed by atoms with Crippen molar-refractivity contribution in [3.05, 3.63) is 29.8 Å². The van der Waals surface area contributed by atoms with E-state index in [2.05, 4.69) is 5.32 Å². The fourth-order valence-corrected chi connectivity index (χ4v) is 3.31. The highest BCUT2D eigenvalue weighted by Crippen LogP contribution is 2.48. The zero-order valence-corrected chi connectivity index (χ0v) is 20.0. The molecule has 0 bridgehead atoms. The first-order valence-corrected chi connectivity index (χ1v) is 11.8. The van der Waals surface area contributed by atoms with E-state index in [4.69, 9.17) is 9.84 Å². The van der Waals surface area contributed by atoms with Crippen molar-refractivity contribution in [2.24, 2.45) is 0 Å². The molecule has 1 aromatic carbocycles. The molecule has 1 aromatic rings. The van der Waals surface area contributed by atoms with Gasteiger partial charge < -0.3 is 15.2 Å². The SMILES string of the molecule is CC(OC(=O)c1ccc(NCCCCCCCCCCCC(F)(F)C(F)(F)C(F)(F)F)cc1)C(=O)O. The van der Waals surface area contributed by atoms with Gasteiger partial charge in [-0.05, 0) is 44.0 Å². The molecule has 0 spiro atoms. The first-order valence-electron chi connectivity index (χ1n) is 11.8. The number of anilines is 1. The summed E-state index contributed by atoms with van der Waals surface area (Å²) in [6.45, 7) is 1.95. The maximum atomic E-state index is 13.2. The monoisotopic (exact) mass is 531 g/mol. The Kier molecular flexibility index (Phi) is 12.5. The number of nitrogens with one attached hydrogen (secondary N) is 1. The van der Waals surface area contributed by atoms with Gasteiger partial charge in [0.15, 0.2) is 6.10 Å². The van der Waals surface area contributed by atoms with Crippen molar-refractivity contribution in [3.63, 3.8) is 0 Å². The molecule has 2 N–H and O–H groups in total. The van der Waals surface area contributed by atoms with Gasteiger partial charge in [-0.25, -0.2) is 9.59 Å². The number of benzene rings is 1. The van der Waals surface area contributed by atoms with E-state index in [9.17, 15) is 40.3 Å². The number of hydrogen-bond acceptors (Lipinski definition) is 4. The molecule has 5 nitrogen and oxygen atoms in total. The number of carboxylic acid groups (broad SMARTS) is 1. The lowest BCUT2D eigenvalue weighted by Gasteiger charge is -2.28. The van der Waals surface area contributed by atoms with Crippen LogP contribution in [-0.2, 0) is 9.53 Å². The third kappa shape index (κ3) is 10.2. The average Bonchev–Trinajstić information content (AvgIpc) is 2.79. The molecule has 0 fully saturated rings. The van der Waals surface area contributed by atoms with Crippen LogP contribution < -0.4 is 5.32 Å². The molecular formula is C24H32F7NO4. The van der Waals surface area contributed by atoms with E-state index < -0.39 is 48.9 Å². The van der Waals surface area contributed by atoms with Gasteiger partial charge in [-0.2, -0.15) is 30.7 Å². The van der Waals surface area contributed by atoms with Crippen molar-refractivity contribution in [3.8, 4) is 0 Å². The summed E-state index contributed by atoms with van der Waals surface area (Å²) in [5.41, 5.74) is 1.03. The molecule has 206 valence electrons. The van der Waals surface area contributed by atoms with Gasteiger partial charge in [-0.1, -0.05) is 44.9 Å². The molecule has 0 amide bonds. The Hall–Kier alpha value is -2.53. The molecule has 0 aliphatic carbocycles. The van der Waals surface area contributed by atoms with Crippen molar-refractivity contribution < 1.29 is 50.2 Å². The minimum atomic E-state index is -6.27. The van der Waals surface area contributed by atoms with Crippen LogP contribution in [0.3, 0.4) is 0 Å². The van der Waals surface area contributed by atoms with E-state index in [-0.39, 0.29) is 12.0 Å². The fraction of sp³-hybridized carbons (Fsp3) is 0.667. The predicted octanol–water partition coefficient (Wildman–Crippen LogP) is 7.46. The minimum Gasteiger partial charge on any atom is -0.479 e. The Balaban J connectivity index is 2.09. The van der Waals surface area contributed by atoms with Crippen molar-refractivity contribution >= 4 is 17.6 Å². The number of alkyl halides is 7. The van der Waals surface area contributed by atoms with Crippen LogP contribution in [0.5, 0.6) is 0 Å². The van der Waals surface area contributed by atoms with Gasteiger partial charge in [0.1, 0.15) is 0 Å². The van der Waals surface area contributed by atoms with Gasteiger partial charge in [0, 0.05) is 18.7 Å². The number of rotatable bonds is 17. The highest BCUT2D eigenvalue weighted by atomic mass is 19.4. The number of esters is 1. The fourth-order valence-electron chi connectivity index (χ4n) is 3.31. The molecule has 0 saturated heterocycles. The molecule has 0 heterocycles. The third-order valence-corrected chi connectivity index (χ3v) is 5.56. The first-order chi connectivity index (χ1) is 16.7. The lowest BCUT2D eigenvalue weighted by molar-refractivity contribution is -0.355. The molecule has 1 unspecified atom stereocenters. The maximum absolute atomic E-state index is 13.2. The van der Waals surface area contributed by atoms with Crippen molar-refractivity contribution in [2.45, 2.75) is 95.3 Å². The molecule has 0 saturated carbocycles. The van der Waals surface area contributed by atoms with E-state index in [0.29, 0.717) is 19.4 Å². The quantitative estimate of drug-likeness (QED) is 0.124. The Morgan fingerprint density at radius 3 is 1.78 bits per heavy atom. The highest BCUT2D eigenvalue weighted by Gasteiger charge is 2.72. The number of hydrogen-bond donors (Lipinski definition) is 2. The van der Waals surface area contributed by atoms with Crippen LogP contribution in [0, 0.1) is 0 Å². The third-order valence-electron chi connectivity index (χ3n) is 5.56. The second kappa shape index (κ2) is 14.3. The number of halogens is 7. The van der Waals surface area contributed by atoms with Crippen LogP contribution >= 0.6 is 0 Å². The summed E-state index contributed by atoms with van der Waals surface area (Å²) in [5, 5.41) is 12.0. The molecule has 0 radical (unpaired) electrons. The van der Waals surface area contributed by atoms with Crippen molar-refractivity contribution in [1.82, 2.24) is 0 Å². The van der Waals surface area contributed by atoms with E-state index in [1.54, 1.807) is 12.1 Å². The van der Waals surface area contributed by atoms with E-state index in [0.717, 1.165) is 37.8 Å². The average molecular weight is 532 g/mol. The van der Waals surface area contributed by atoms with Gasteiger partial charge in [-0.3, -0.25) is 0 Å². The van der Waals surface area contributed by atoms with Crippen LogP contribution in [-0.4, -0.2) is 47.7 Å². The van der Waals surface area contributed by atoms with Crippen LogP contribution in [0.2, 0.25) is 0 Å². The number of carboxylic acids is 1. The van der Waals surface area contributed by atoms with Crippen LogP contribution in [0.25, 0.3) is 0 Å². The second-order valence-corrected chi connectivity index (χ2v) is 8.60. The maximum Gasteiger partial charge on any atom is 0.459 e. The van der Waals surface area contributed by atoms with Crippen molar-refractivity contribution in [2.75, 3.05) is 11.9 Å². The van der Waals surface area contributed by atoms with Gasteiger partial charge in [0.2, 0.25) is 0 Å². The van der Waals surface area contributed by atoms with Gasteiger partial charge in [0.25, 0.3) is 0 Å². The second-order valence-electron chi connectivity index (χ2n) is 8.60. The zero-order valence-electron chi connectivity index (χ0n) is 20.0. The van der Waals surface area contributed by atoms with Gasteiger partial charge >= 0.3 is 30.0 Å². The topological polar surface area (TPSA) is 75.6 Å². The Bertz CT molecular complexity index is 814. The van der Waals surface area contributed by atoms with E-state index >= 15 is 0 Å². The number of aliphatic carboxylic acids is 1. The van der Waals surface area contributed by atoms with Crippen molar-refractivity contribution in [1.29, 1.82) is 0 Å². The number of ether oxygens (including phenoxy) is 1. The summed E-state index contributed by atoms with van der Waals surface area (Å²) in [4.78, 5) is 22.6. The standard InChI is InChI=1S/C24H32F7NO4/c1-17(20(33)34)36-21(35)18-11-13-19(14-12-18)32-16-10-8-6-4-2-3-5-7-9-15-22(25,26)23(27,28)24(29,30)31/h11-14,17,32H,2-10,15-16H2,1H3,(H,33,34). The summed E-state index contributed by atoms with van der Waals surface area (Å²) in [5.74, 6) is -13.1. The molecule has 1 rings (SSSR count). The normalized spacial score (nSPS) is 13.3. The zero-order chi connectivity index (χ0) is 27.4. The lowest BCUT2D eigenvalue weighted by atomic mass is 10.0. The summed E-state index contributed by atoms with van der Waals surface area (Å²) in [7, 11) is 0. The summed E-state index contributed by atoms with van der Waals surface area (Å²) < 4.78 is 93.0. The van der Waals surface area contributed by atoms with Crippen LogP contribution in [0.15, 0.2) is 24.3 Å². The lowest BCUT2D eigenvalue weighted by Crippen LogP contribution is -2.51. The number of unbranched alkanes of at least 4 members (excludes halogenated alkanes) is 8. The Morgan fingerprint density at radius 1 is 0.833 bits per heavy atom. The van der Waals surface area contributed by atoms with Crippen LogP contribution in [0.1, 0.15) is 81.5 Å². The summed E-state index contributed by atoms with van der Waals surface area (Å²) in [6.07, 6.45) is -3.58. The molecule has 12 heteroatoms. The smallest absolute Gasteiger partial charge is 0.459 e. The molecule has 36 heavy (non-hydrogen) atoms.